The fraction of sp³-hybridized carbons (Fsp3) is 0.727. The van der Waals surface area contributed by atoms with Crippen molar-refractivity contribution >= 4 is 22.4 Å². The monoisotopic (exact) mass is 344 g/mol. The second-order valence-electron chi connectivity index (χ2n) is 5.09. The summed E-state index contributed by atoms with van der Waals surface area (Å²) in [4.78, 5) is -0.113. The zero-order valence-electron chi connectivity index (χ0n) is 11.3. The Morgan fingerprint density at radius 1 is 1.43 bits per heavy atom. The highest BCUT2D eigenvalue weighted by molar-refractivity contribution is 7.89. The molecule has 6 nitrogen and oxygen atoms in total. The normalized spacial score (nSPS) is 17.9. The molecule has 21 heavy (non-hydrogen) atoms. The molecule has 0 saturated heterocycles. The van der Waals surface area contributed by atoms with Gasteiger partial charge in [0.2, 0.25) is 10.0 Å². The highest BCUT2D eigenvalue weighted by Crippen LogP contribution is 2.30. The maximum absolute atomic E-state index is 12.2. The number of halogens is 3. The number of hydrogen-bond acceptors (Lipinski definition) is 4. The third-order valence-corrected chi connectivity index (χ3v) is 5.08. The van der Waals surface area contributed by atoms with E-state index in [1.165, 1.54) is 0 Å². The summed E-state index contributed by atoms with van der Waals surface area (Å²) in [6.07, 6.45) is 2.82. The average Bonchev–Trinajstić information content (AvgIpc) is 2.98. The van der Waals surface area contributed by atoms with Crippen molar-refractivity contribution in [2.24, 2.45) is 5.73 Å². The molecular weight excluding hydrogens is 326 g/mol. The Morgan fingerprint density at radius 3 is 2.57 bits per heavy atom. The van der Waals surface area contributed by atoms with Crippen molar-refractivity contribution in [3.8, 4) is 0 Å². The summed E-state index contributed by atoms with van der Waals surface area (Å²) < 4.78 is 52.5. The molecule has 1 fully saturated rings. The Balaban J connectivity index is 0.00000220. The predicted molar refractivity (Wildman–Crippen MR) is 76.1 cm³/mol. The molecule has 0 aromatic carbocycles. The van der Waals surface area contributed by atoms with Crippen molar-refractivity contribution in [2.75, 3.05) is 6.54 Å². The molecule has 0 unspecified atom stereocenters. The molecule has 122 valence electrons. The maximum atomic E-state index is 12.2. The van der Waals surface area contributed by atoms with Crippen LogP contribution < -0.4 is 10.5 Å². The van der Waals surface area contributed by atoms with Crippen molar-refractivity contribution in [2.45, 2.75) is 49.1 Å². The van der Waals surface area contributed by atoms with Gasteiger partial charge in [0.1, 0.15) is 11.4 Å². The molecule has 0 amide bonds. The molecule has 10 heteroatoms. The minimum Gasteiger partial charge on any atom is -0.329 e. The van der Waals surface area contributed by atoms with Gasteiger partial charge in [-0.1, -0.05) is 12.8 Å². The summed E-state index contributed by atoms with van der Waals surface area (Å²) in [6.45, 7) is -0.408. The van der Waals surface area contributed by atoms with Crippen molar-refractivity contribution in [3.05, 3.63) is 12.4 Å². The first-order valence-electron chi connectivity index (χ1n) is 6.42. The molecule has 0 bridgehead atoms. The lowest BCUT2D eigenvalue weighted by Gasteiger charge is -2.27. The van der Waals surface area contributed by atoms with Gasteiger partial charge in [-0.15, -0.1) is 12.4 Å². The fourth-order valence-corrected chi connectivity index (χ4v) is 3.89. The van der Waals surface area contributed by atoms with Gasteiger partial charge in [0.05, 0.1) is 6.20 Å². The van der Waals surface area contributed by atoms with E-state index in [0.29, 0.717) is 12.8 Å². The van der Waals surface area contributed by atoms with Crippen LogP contribution >= 0.6 is 12.4 Å². The van der Waals surface area contributed by atoms with Gasteiger partial charge in [-0.25, -0.2) is 21.9 Å². The topological polar surface area (TPSA) is 90.0 Å². The van der Waals surface area contributed by atoms with Gasteiger partial charge >= 0.3 is 0 Å². The smallest absolute Gasteiger partial charge is 0.257 e. The lowest BCUT2D eigenvalue weighted by Crippen LogP contribution is -2.51. The van der Waals surface area contributed by atoms with Crippen LogP contribution in [0.1, 0.15) is 25.7 Å². The largest absolute Gasteiger partial charge is 0.329 e. The number of nitrogens with one attached hydrogen (secondary N) is 1. The predicted octanol–water partition coefficient (Wildman–Crippen LogP) is 1.12. The van der Waals surface area contributed by atoms with E-state index in [9.17, 15) is 17.2 Å². The fourth-order valence-electron chi connectivity index (χ4n) is 2.47. The van der Waals surface area contributed by atoms with Crippen LogP contribution in [0.4, 0.5) is 8.78 Å². The van der Waals surface area contributed by atoms with Gasteiger partial charge in [0.15, 0.2) is 0 Å². The van der Waals surface area contributed by atoms with Crippen molar-refractivity contribution < 1.29 is 17.2 Å². The van der Waals surface area contributed by atoms with Crippen LogP contribution in [0.5, 0.6) is 0 Å². The summed E-state index contributed by atoms with van der Waals surface area (Å²) in [5.41, 5.74) is 5.06. The minimum absolute atomic E-state index is 0. The van der Waals surface area contributed by atoms with E-state index < -0.39 is 28.5 Å². The number of alkyl halides is 2. The summed E-state index contributed by atoms with van der Waals surface area (Å²) >= 11 is 0. The van der Waals surface area contributed by atoms with Crippen LogP contribution in [0.25, 0.3) is 0 Å². The average molecular weight is 345 g/mol. The molecule has 1 aliphatic rings. The number of nitrogens with zero attached hydrogens (tertiary/aromatic N) is 2. The molecule has 0 spiro atoms. The highest BCUT2D eigenvalue weighted by atomic mass is 35.5. The van der Waals surface area contributed by atoms with Crippen LogP contribution in [0.3, 0.4) is 0 Å². The van der Waals surface area contributed by atoms with Gasteiger partial charge in [0.25, 0.3) is 6.43 Å². The summed E-state index contributed by atoms with van der Waals surface area (Å²) in [6, 6.07) is 0. The molecule has 2 rings (SSSR count). The summed E-state index contributed by atoms with van der Waals surface area (Å²) in [5.74, 6) is 0. The second-order valence-corrected chi connectivity index (χ2v) is 6.77. The molecular formula is C11H19ClF2N4O2S. The van der Waals surface area contributed by atoms with Crippen molar-refractivity contribution in [3.63, 3.8) is 0 Å². The first kappa shape index (κ1) is 18.3. The first-order valence-corrected chi connectivity index (χ1v) is 7.90. The van der Waals surface area contributed by atoms with Crippen LogP contribution in [0, 0.1) is 0 Å². The Hall–Kier alpha value is -0.770. The van der Waals surface area contributed by atoms with E-state index in [2.05, 4.69) is 9.82 Å². The van der Waals surface area contributed by atoms with E-state index in [-0.39, 0.29) is 23.8 Å². The molecule has 1 saturated carbocycles. The van der Waals surface area contributed by atoms with Crippen LogP contribution in [-0.2, 0) is 16.6 Å². The quantitative estimate of drug-likeness (QED) is 0.809. The number of hydrogen-bond donors (Lipinski definition) is 2. The zero-order chi connectivity index (χ0) is 14.8. The Kier molecular flexibility index (Phi) is 6.09. The van der Waals surface area contributed by atoms with Crippen LogP contribution in [0.2, 0.25) is 0 Å². The van der Waals surface area contributed by atoms with E-state index in [0.717, 1.165) is 29.9 Å². The molecule has 0 atom stereocenters. The van der Waals surface area contributed by atoms with E-state index in [1.54, 1.807) is 0 Å². The Bertz CT molecular complexity index is 558. The third-order valence-electron chi connectivity index (χ3n) is 3.55. The van der Waals surface area contributed by atoms with Gasteiger partial charge < -0.3 is 5.73 Å². The van der Waals surface area contributed by atoms with Crippen molar-refractivity contribution in [1.82, 2.24) is 14.5 Å². The number of nitrogens with two attached hydrogens (primary N) is 1. The number of rotatable bonds is 6. The van der Waals surface area contributed by atoms with Gasteiger partial charge in [-0.05, 0) is 12.8 Å². The van der Waals surface area contributed by atoms with Crippen LogP contribution in [-0.4, -0.2) is 36.7 Å². The van der Waals surface area contributed by atoms with E-state index >= 15 is 0 Å². The van der Waals surface area contributed by atoms with Gasteiger partial charge in [-0.2, -0.15) is 5.10 Å². The van der Waals surface area contributed by atoms with E-state index in [1.807, 2.05) is 0 Å². The maximum Gasteiger partial charge on any atom is 0.257 e. The van der Waals surface area contributed by atoms with Gasteiger partial charge in [-0.3, -0.25) is 4.68 Å². The number of sulfonamides is 1. The molecule has 1 aromatic heterocycles. The molecule has 3 N–H and O–H groups in total. The molecule has 0 radical (unpaired) electrons. The SMILES string of the molecule is Cl.NCC1(NS(=O)(=O)c2cnn(CC(F)F)c2)CCCC1. The Morgan fingerprint density at radius 2 is 2.05 bits per heavy atom. The lowest BCUT2D eigenvalue weighted by atomic mass is 10.0. The third kappa shape index (κ3) is 4.35. The van der Waals surface area contributed by atoms with Gasteiger partial charge in [0, 0.05) is 18.3 Å². The molecule has 0 aliphatic heterocycles. The van der Waals surface area contributed by atoms with Crippen LogP contribution in [0.15, 0.2) is 17.3 Å². The summed E-state index contributed by atoms with van der Waals surface area (Å²) in [7, 11) is -3.79. The molecule has 1 aliphatic carbocycles. The second kappa shape index (κ2) is 6.99. The first-order chi connectivity index (χ1) is 9.37. The lowest BCUT2D eigenvalue weighted by molar-refractivity contribution is 0.121. The van der Waals surface area contributed by atoms with Crippen molar-refractivity contribution in [1.29, 1.82) is 0 Å². The Labute approximate surface area is 128 Å². The molecule has 1 aromatic rings. The number of aromatic nitrogens is 2. The standard InChI is InChI=1S/C11H18F2N4O2S.ClH/c12-10(13)7-17-6-9(5-15-17)20(18,19)16-11(8-14)3-1-2-4-11;/h5-6,10,16H,1-4,7-8,14H2;1H. The zero-order valence-corrected chi connectivity index (χ0v) is 13.0. The van der Waals surface area contributed by atoms with E-state index in [4.69, 9.17) is 5.73 Å². The minimum atomic E-state index is -3.79. The highest BCUT2D eigenvalue weighted by Gasteiger charge is 2.37. The summed E-state index contributed by atoms with van der Waals surface area (Å²) in [5, 5.41) is 3.63. The molecule has 1 heterocycles.